The van der Waals surface area contributed by atoms with Gasteiger partial charge >= 0.3 is 5.97 Å². The molecule has 5 rings (SSSR count). The molecule has 0 spiro atoms. The van der Waals surface area contributed by atoms with Crippen LogP contribution in [0.1, 0.15) is 28.6 Å². The first-order valence-corrected chi connectivity index (χ1v) is 11.8. The fourth-order valence-corrected chi connectivity index (χ4v) is 4.66. The van der Waals surface area contributed by atoms with E-state index >= 15 is 0 Å². The van der Waals surface area contributed by atoms with Crippen molar-refractivity contribution in [3.05, 3.63) is 88.1 Å². The van der Waals surface area contributed by atoms with Crippen LogP contribution in [0.4, 0.5) is 0 Å². The molecule has 10 heteroatoms. The van der Waals surface area contributed by atoms with Crippen LogP contribution >= 0.6 is 23.4 Å². The lowest BCUT2D eigenvalue weighted by Gasteiger charge is -2.19. The van der Waals surface area contributed by atoms with Crippen molar-refractivity contribution >= 4 is 57.4 Å². The highest BCUT2D eigenvalue weighted by molar-refractivity contribution is 8.27. The van der Waals surface area contributed by atoms with Gasteiger partial charge < -0.3 is 9.15 Å². The van der Waals surface area contributed by atoms with Crippen molar-refractivity contribution < 1.29 is 18.7 Å². The summed E-state index contributed by atoms with van der Waals surface area (Å²) < 4.78 is 10.9. The van der Waals surface area contributed by atoms with Gasteiger partial charge in [0.2, 0.25) is 5.17 Å². The molecule has 0 fully saturated rings. The van der Waals surface area contributed by atoms with Gasteiger partial charge in [-0.1, -0.05) is 41.9 Å². The molecule has 3 heterocycles. The molecule has 1 aromatic heterocycles. The third-order valence-electron chi connectivity index (χ3n) is 5.15. The zero-order valence-corrected chi connectivity index (χ0v) is 19.9. The Morgan fingerprint density at radius 3 is 2.69 bits per heavy atom. The minimum atomic E-state index is -0.555. The quantitative estimate of drug-likeness (QED) is 0.366. The summed E-state index contributed by atoms with van der Waals surface area (Å²) >= 11 is 7.46. The average molecular weight is 505 g/mol. The molecule has 0 saturated heterocycles. The summed E-state index contributed by atoms with van der Waals surface area (Å²) in [7, 11) is 0. The fourth-order valence-electron chi connectivity index (χ4n) is 3.45. The molecule has 3 aromatic rings. The maximum atomic E-state index is 12.7. The van der Waals surface area contributed by atoms with Gasteiger partial charge in [0.25, 0.3) is 5.91 Å². The zero-order chi connectivity index (χ0) is 24.5. The standard InChI is InChI=1S/C25H17ClN4O4S/c1-2-33-24(32)15-9-7-14(8-10-15)20-12-11-16(34-20)13-18-21(27)30-25(28-22(18)31)35-23(29-30)17-5-3-4-6-19(17)26/h3-13,27H,2H2,1H3. The van der Waals surface area contributed by atoms with E-state index in [0.29, 0.717) is 44.5 Å². The van der Waals surface area contributed by atoms with E-state index in [9.17, 15) is 9.59 Å². The van der Waals surface area contributed by atoms with Gasteiger partial charge in [0, 0.05) is 11.1 Å². The van der Waals surface area contributed by atoms with E-state index in [1.54, 1.807) is 49.4 Å². The lowest BCUT2D eigenvalue weighted by Crippen LogP contribution is -2.35. The van der Waals surface area contributed by atoms with Crippen LogP contribution in [0.15, 0.2) is 80.7 Å². The van der Waals surface area contributed by atoms with Crippen LogP contribution in [0.3, 0.4) is 0 Å². The van der Waals surface area contributed by atoms with Crippen molar-refractivity contribution in [1.29, 1.82) is 5.41 Å². The van der Waals surface area contributed by atoms with Crippen LogP contribution in [-0.4, -0.2) is 39.5 Å². The van der Waals surface area contributed by atoms with Crippen LogP contribution in [0.5, 0.6) is 0 Å². The minimum absolute atomic E-state index is 0.0528. The number of aliphatic imine (C=N–C) groups is 1. The Balaban J connectivity index is 1.39. The van der Waals surface area contributed by atoms with Crippen LogP contribution in [0.25, 0.3) is 17.4 Å². The molecule has 8 nitrogen and oxygen atoms in total. The predicted octanol–water partition coefficient (Wildman–Crippen LogP) is 5.44. The summed E-state index contributed by atoms with van der Waals surface area (Å²) in [5.41, 5.74) is 1.95. The number of carbonyl (C=O) groups is 2. The summed E-state index contributed by atoms with van der Waals surface area (Å²) in [6, 6.07) is 17.5. The fraction of sp³-hybridized carbons (Fsp3) is 0.0800. The molecule has 0 unspecified atom stereocenters. The number of nitrogens with zero attached hydrogens (tertiary/aromatic N) is 3. The van der Waals surface area contributed by atoms with Gasteiger partial charge in [-0.05, 0) is 55.1 Å². The maximum absolute atomic E-state index is 12.7. The SMILES string of the molecule is CCOC(=O)c1ccc(-c2ccc(C=C3C(=N)N4N=C(c5ccccc5Cl)SC4=NC3=O)o2)cc1. The number of fused-ring (bicyclic) bond motifs is 1. The Kier molecular flexibility index (Phi) is 6.10. The summed E-state index contributed by atoms with van der Waals surface area (Å²) in [5, 5.41) is 15.7. The van der Waals surface area contributed by atoms with Crippen LogP contribution in [0, 0.1) is 5.41 Å². The molecule has 1 amide bonds. The lowest BCUT2D eigenvalue weighted by molar-refractivity contribution is -0.114. The molecular weight excluding hydrogens is 488 g/mol. The number of thioether (sulfide) groups is 1. The van der Waals surface area contributed by atoms with Crippen molar-refractivity contribution in [3.63, 3.8) is 0 Å². The van der Waals surface area contributed by atoms with E-state index in [2.05, 4.69) is 10.1 Å². The number of ether oxygens (including phenoxy) is 1. The van der Waals surface area contributed by atoms with E-state index in [1.165, 1.54) is 22.8 Å². The number of rotatable bonds is 5. The van der Waals surface area contributed by atoms with E-state index in [0.717, 1.165) is 5.56 Å². The Morgan fingerprint density at radius 2 is 1.94 bits per heavy atom. The van der Waals surface area contributed by atoms with Gasteiger partial charge in [-0.3, -0.25) is 10.2 Å². The smallest absolute Gasteiger partial charge is 0.338 e. The Morgan fingerprint density at radius 1 is 1.17 bits per heavy atom. The number of esters is 1. The number of hydrogen-bond donors (Lipinski definition) is 1. The first-order valence-electron chi connectivity index (χ1n) is 10.6. The van der Waals surface area contributed by atoms with Gasteiger partial charge in [0.15, 0.2) is 5.84 Å². The summed E-state index contributed by atoms with van der Waals surface area (Å²) in [5.74, 6) is -0.128. The second-order valence-corrected chi connectivity index (χ2v) is 8.77. The first-order chi connectivity index (χ1) is 16.9. The van der Waals surface area contributed by atoms with Gasteiger partial charge in [0.05, 0.1) is 22.8 Å². The molecular formula is C25H17ClN4O4S. The normalized spacial score (nSPS) is 16.3. The highest BCUT2D eigenvalue weighted by Gasteiger charge is 2.36. The highest BCUT2D eigenvalue weighted by atomic mass is 35.5. The molecule has 2 aromatic carbocycles. The van der Waals surface area contributed by atoms with Crippen molar-refractivity contribution in [3.8, 4) is 11.3 Å². The second kappa shape index (κ2) is 9.36. The van der Waals surface area contributed by atoms with Crippen molar-refractivity contribution in [2.75, 3.05) is 6.61 Å². The summed E-state index contributed by atoms with van der Waals surface area (Å²) in [4.78, 5) is 28.6. The topological polar surface area (TPSA) is 108 Å². The second-order valence-electron chi connectivity index (χ2n) is 7.40. The number of hydrazone groups is 1. The molecule has 35 heavy (non-hydrogen) atoms. The Labute approximate surface area is 209 Å². The zero-order valence-electron chi connectivity index (χ0n) is 18.3. The van der Waals surface area contributed by atoms with Gasteiger partial charge in [-0.2, -0.15) is 15.1 Å². The third kappa shape index (κ3) is 4.43. The van der Waals surface area contributed by atoms with E-state index in [4.69, 9.17) is 26.2 Å². The number of furan rings is 1. The molecule has 0 aliphatic carbocycles. The van der Waals surface area contributed by atoms with Crippen molar-refractivity contribution in [2.24, 2.45) is 10.1 Å². The molecule has 0 radical (unpaired) electrons. The number of amidine groups is 2. The van der Waals surface area contributed by atoms with Crippen molar-refractivity contribution in [2.45, 2.75) is 6.92 Å². The van der Waals surface area contributed by atoms with Gasteiger partial charge in [-0.15, -0.1) is 0 Å². The summed E-state index contributed by atoms with van der Waals surface area (Å²) in [6.45, 7) is 2.06. The molecule has 2 aliphatic heterocycles. The van der Waals surface area contributed by atoms with E-state index in [-0.39, 0.29) is 11.4 Å². The molecule has 1 N–H and O–H groups in total. The molecule has 0 saturated carbocycles. The highest BCUT2D eigenvalue weighted by Crippen LogP contribution is 2.33. The molecule has 0 bridgehead atoms. The van der Waals surface area contributed by atoms with E-state index < -0.39 is 11.9 Å². The molecule has 2 aliphatic rings. The van der Waals surface area contributed by atoms with Gasteiger partial charge in [0.1, 0.15) is 16.6 Å². The largest absolute Gasteiger partial charge is 0.462 e. The van der Waals surface area contributed by atoms with Crippen LogP contribution < -0.4 is 0 Å². The monoisotopic (exact) mass is 504 g/mol. The summed E-state index contributed by atoms with van der Waals surface area (Å²) in [6.07, 6.45) is 1.47. The van der Waals surface area contributed by atoms with Crippen LogP contribution in [0.2, 0.25) is 5.02 Å². The average Bonchev–Trinajstić information content (AvgIpc) is 3.50. The number of hydrogen-bond acceptors (Lipinski definition) is 7. The minimum Gasteiger partial charge on any atom is -0.462 e. The maximum Gasteiger partial charge on any atom is 0.338 e. The number of benzene rings is 2. The lowest BCUT2D eigenvalue weighted by atomic mass is 10.1. The predicted molar refractivity (Wildman–Crippen MR) is 136 cm³/mol. The number of nitrogens with one attached hydrogen (secondary N) is 1. The number of halogens is 1. The van der Waals surface area contributed by atoms with Gasteiger partial charge in [-0.25, -0.2) is 4.79 Å². The van der Waals surface area contributed by atoms with Crippen molar-refractivity contribution in [1.82, 2.24) is 5.01 Å². The number of carbonyl (C=O) groups excluding carboxylic acids is 2. The number of amides is 1. The Hall–Kier alpha value is -3.95. The third-order valence-corrected chi connectivity index (χ3v) is 6.42. The molecule has 174 valence electrons. The molecule has 0 atom stereocenters. The Bertz CT molecular complexity index is 1460. The van der Waals surface area contributed by atoms with E-state index in [1.807, 2.05) is 18.2 Å². The first kappa shape index (κ1) is 22.8. The van der Waals surface area contributed by atoms with Crippen LogP contribution in [-0.2, 0) is 9.53 Å².